The van der Waals surface area contributed by atoms with Gasteiger partial charge < -0.3 is 29.7 Å². The Morgan fingerprint density at radius 2 is 1.34 bits per heavy atom. The van der Waals surface area contributed by atoms with E-state index in [1.807, 2.05) is 66.7 Å². The average Bonchev–Trinajstić information content (AvgIpc) is 3.33. The number of carbonyl (C=O) groups is 2. The van der Waals surface area contributed by atoms with Crippen LogP contribution in [0.25, 0.3) is 0 Å². The summed E-state index contributed by atoms with van der Waals surface area (Å²) in [4.78, 5) is 18.2. The van der Waals surface area contributed by atoms with Gasteiger partial charge in [0.2, 0.25) is 5.79 Å². The quantitative estimate of drug-likeness (QED) is 0.316. The third kappa shape index (κ3) is 7.65. The number of aliphatic carboxylic acids is 2. The number of para-hydroxylation sites is 1. The number of ether oxygens (including phenoxy) is 3. The number of benzene rings is 3. The van der Waals surface area contributed by atoms with Crippen molar-refractivity contribution in [1.29, 1.82) is 0 Å². The van der Waals surface area contributed by atoms with E-state index >= 15 is 0 Å². The van der Waals surface area contributed by atoms with Gasteiger partial charge >= 0.3 is 11.9 Å². The number of carboxylic acid groups (broad SMARTS) is 2. The van der Waals surface area contributed by atoms with Gasteiger partial charge in [0.1, 0.15) is 12.4 Å². The summed E-state index contributed by atoms with van der Waals surface area (Å²) in [5, 5.41) is 18.2. The molecule has 4 rings (SSSR count). The van der Waals surface area contributed by atoms with Gasteiger partial charge in [-0.05, 0) is 25.1 Å². The highest BCUT2D eigenvalue weighted by molar-refractivity contribution is 6.27. The van der Waals surface area contributed by atoms with Crippen molar-refractivity contribution in [2.24, 2.45) is 0 Å². The Morgan fingerprint density at radius 3 is 1.86 bits per heavy atom. The number of nitrogens with one attached hydrogen (secondary N) is 1. The van der Waals surface area contributed by atoms with E-state index in [9.17, 15) is 0 Å². The van der Waals surface area contributed by atoms with Crippen LogP contribution in [0.5, 0.6) is 5.75 Å². The highest BCUT2D eigenvalue weighted by Crippen LogP contribution is 2.40. The Labute approximate surface area is 204 Å². The lowest BCUT2D eigenvalue weighted by Gasteiger charge is -2.29. The van der Waals surface area contributed by atoms with Gasteiger partial charge in [-0.3, -0.25) is 0 Å². The highest BCUT2D eigenvalue weighted by Gasteiger charge is 2.44. The monoisotopic (exact) mass is 479 g/mol. The number of hydrogen-bond acceptors (Lipinski definition) is 6. The minimum Gasteiger partial charge on any atom is -0.492 e. The summed E-state index contributed by atoms with van der Waals surface area (Å²) >= 11 is 0. The van der Waals surface area contributed by atoms with Crippen LogP contribution in [0.3, 0.4) is 0 Å². The molecule has 1 aliphatic rings. The molecule has 35 heavy (non-hydrogen) atoms. The molecule has 184 valence electrons. The van der Waals surface area contributed by atoms with Crippen LogP contribution in [0.15, 0.2) is 91.0 Å². The Hall–Kier alpha value is -3.72. The van der Waals surface area contributed by atoms with Gasteiger partial charge in [0, 0.05) is 17.7 Å². The molecule has 1 unspecified atom stereocenters. The van der Waals surface area contributed by atoms with Crippen molar-refractivity contribution in [2.75, 3.05) is 26.3 Å². The van der Waals surface area contributed by atoms with E-state index in [4.69, 9.17) is 34.0 Å². The van der Waals surface area contributed by atoms with Crippen LogP contribution in [0.2, 0.25) is 0 Å². The number of carboxylic acids is 2. The maximum absolute atomic E-state index is 9.10. The molecule has 1 aliphatic heterocycles. The van der Waals surface area contributed by atoms with E-state index in [1.165, 1.54) is 0 Å². The first kappa shape index (κ1) is 25.9. The Morgan fingerprint density at radius 1 is 0.829 bits per heavy atom. The maximum atomic E-state index is 9.10. The molecular weight excluding hydrogens is 450 g/mol. The molecule has 0 aliphatic carbocycles. The fraction of sp³-hybridized carbons (Fsp3) is 0.259. The average molecular weight is 480 g/mol. The second-order valence-corrected chi connectivity index (χ2v) is 7.71. The highest BCUT2D eigenvalue weighted by atomic mass is 16.7. The topological polar surface area (TPSA) is 114 Å². The molecule has 3 aromatic carbocycles. The molecule has 0 bridgehead atoms. The van der Waals surface area contributed by atoms with E-state index in [0.29, 0.717) is 13.2 Å². The van der Waals surface area contributed by atoms with Crippen molar-refractivity contribution in [3.8, 4) is 5.75 Å². The molecule has 3 aromatic rings. The van der Waals surface area contributed by atoms with Gasteiger partial charge in [-0.25, -0.2) is 9.59 Å². The fourth-order valence-corrected chi connectivity index (χ4v) is 3.59. The van der Waals surface area contributed by atoms with Gasteiger partial charge in [-0.15, -0.1) is 0 Å². The van der Waals surface area contributed by atoms with Gasteiger partial charge in [0.25, 0.3) is 0 Å². The Bertz CT molecular complexity index is 993. The lowest BCUT2D eigenvalue weighted by molar-refractivity contribution is -0.159. The van der Waals surface area contributed by atoms with Gasteiger partial charge in [-0.1, -0.05) is 78.9 Å². The zero-order valence-electron chi connectivity index (χ0n) is 19.2. The fourth-order valence-electron chi connectivity index (χ4n) is 3.59. The minimum absolute atomic E-state index is 0.0398. The van der Waals surface area contributed by atoms with Crippen LogP contribution in [0.1, 0.15) is 17.5 Å². The molecular formula is C27H29NO7. The van der Waals surface area contributed by atoms with E-state index in [0.717, 1.165) is 36.4 Å². The summed E-state index contributed by atoms with van der Waals surface area (Å²) in [7, 11) is 0. The summed E-state index contributed by atoms with van der Waals surface area (Å²) in [6, 6.07) is 30.2. The molecule has 1 heterocycles. The van der Waals surface area contributed by atoms with E-state index in [-0.39, 0.29) is 6.10 Å². The summed E-state index contributed by atoms with van der Waals surface area (Å²) < 4.78 is 18.5. The van der Waals surface area contributed by atoms with Crippen molar-refractivity contribution in [3.05, 3.63) is 102 Å². The van der Waals surface area contributed by atoms with Crippen LogP contribution in [-0.2, 0) is 24.8 Å². The molecule has 0 amide bonds. The summed E-state index contributed by atoms with van der Waals surface area (Å²) in [5.41, 5.74) is 2.05. The van der Waals surface area contributed by atoms with E-state index in [2.05, 4.69) is 29.6 Å². The zero-order valence-corrected chi connectivity index (χ0v) is 19.2. The van der Waals surface area contributed by atoms with Crippen LogP contribution in [0, 0.1) is 0 Å². The van der Waals surface area contributed by atoms with Gasteiger partial charge in [-0.2, -0.15) is 0 Å². The lowest BCUT2D eigenvalue weighted by atomic mass is 9.97. The molecule has 1 atom stereocenters. The van der Waals surface area contributed by atoms with Crippen molar-refractivity contribution >= 4 is 11.9 Å². The smallest absolute Gasteiger partial charge is 0.414 e. The SMILES string of the molecule is O=C(O)C(=O)O.c1ccc(OCCNCCC2COC(c3ccccc3)(c3ccccc3)O2)cc1. The molecule has 0 saturated carbocycles. The summed E-state index contributed by atoms with van der Waals surface area (Å²) in [6.45, 7) is 2.87. The predicted molar refractivity (Wildman–Crippen MR) is 129 cm³/mol. The molecule has 0 aromatic heterocycles. The molecule has 8 nitrogen and oxygen atoms in total. The second-order valence-electron chi connectivity index (χ2n) is 7.71. The van der Waals surface area contributed by atoms with Crippen molar-refractivity contribution in [2.45, 2.75) is 18.3 Å². The summed E-state index contributed by atoms with van der Waals surface area (Å²) in [5.74, 6) is -3.58. The summed E-state index contributed by atoms with van der Waals surface area (Å²) in [6.07, 6.45) is 0.921. The van der Waals surface area contributed by atoms with Crippen LogP contribution >= 0.6 is 0 Å². The van der Waals surface area contributed by atoms with Crippen molar-refractivity contribution in [3.63, 3.8) is 0 Å². The first-order valence-corrected chi connectivity index (χ1v) is 11.3. The lowest BCUT2D eigenvalue weighted by Crippen LogP contribution is -2.30. The third-order valence-corrected chi connectivity index (χ3v) is 5.23. The predicted octanol–water partition coefficient (Wildman–Crippen LogP) is 3.52. The van der Waals surface area contributed by atoms with Crippen LogP contribution in [0.4, 0.5) is 0 Å². The minimum atomic E-state index is -1.82. The Kier molecular flexibility index (Phi) is 9.80. The first-order chi connectivity index (χ1) is 17.0. The molecule has 0 spiro atoms. The third-order valence-electron chi connectivity index (χ3n) is 5.23. The molecule has 0 radical (unpaired) electrons. The van der Waals surface area contributed by atoms with Crippen molar-refractivity contribution < 1.29 is 34.0 Å². The van der Waals surface area contributed by atoms with E-state index < -0.39 is 17.7 Å². The van der Waals surface area contributed by atoms with Crippen molar-refractivity contribution in [1.82, 2.24) is 5.32 Å². The van der Waals surface area contributed by atoms with Gasteiger partial charge in [0.05, 0.1) is 12.7 Å². The van der Waals surface area contributed by atoms with Crippen LogP contribution in [-0.4, -0.2) is 54.6 Å². The number of hydrogen-bond donors (Lipinski definition) is 3. The maximum Gasteiger partial charge on any atom is 0.414 e. The second kappa shape index (κ2) is 13.2. The normalized spacial score (nSPS) is 16.1. The van der Waals surface area contributed by atoms with Crippen LogP contribution < -0.4 is 10.1 Å². The number of rotatable bonds is 9. The van der Waals surface area contributed by atoms with E-state index in [1.54, 1.807) is 0 Å². The first-order valence-electron chi connectivity index (χ1n) is 11.3. The van der Waals surface area contributed by atoms with Gasteiger partial charge in [0.15, 0.2) is 0 Å². The Balaban J connectivity index is 0.000000509. The standard InChI is InChI=1S/C25H27NO3.C2H2O4/c1-4-10-21(11-5-1)25(22-12-6-2-7-13-22)28-20-24(29-25)16-17-26-18-19-27-23-14-8-3-9-15-23;3-1(4)2(5)6/h1-15,24,26H,16-20H2;(H,3,4)(H,5,6). The molecule has 8 heteroatoms. The zero-order chi connectivity index (χ0) is 24.9. The molecule has 1 saturated heterocycles. The molecule has 3 N–H and O–H groups in total. The molecule has 1 fully saturated rings. The largest absolute Gasteiger partial charge is 0.492 e.